The maximum atomic E-state index is 12.3. The molecule has 1 heterocycles. The first-order valence-corrected chi connectivity index (χ1v) is 6.48. The Labute approximate surface area is 104 Å². The second kappa shape index (κ2) is 5.23. The first-order valence-electron chi connectivity index (χ1n) is 5.71. The first kappa shape index (κ1) is 12.0. The number of aryl methyl sites for hydroxylation is 1. The lowest BCUT2D eigenvalue weighted by Gasteiger charge is -2.25. The van der Waals surface area contributed by atoms with E-state index in [-0.39, 0.29) is 18.5 Å². The van der Waals surface area contributed by atoms with Gasteiger partial charge < -0.3 is 4.90 Å². The molecule has 0 unspecified atom stereocenters. The number of rotatable bonds is 3. The van der Waals surface area contributed by atoms with Gasteiger partial charge in [0, 0.05) is 6.04 Å². The molecule has 90 valence electrons. The van der Waals surface area contributed by atoms with E-state index in [2.05, 4.69) is 15.7 Å². The van der Waals surface area contributed by atoms with E-state index in [1.165, 1.54) is 0 Å². The molecule has 1 aliphatic rings. The molecule has 0 N–H and O–H groups in total. The summed E-state index contributed by atoms with van der Waals surface area (Å²) >= 11 is 1.11. The Morgan fingerprint density at radius 1 is 1.59 bits per heavy atom. The minimum Gasteiger partial charge on any atom is -0.322 e. The topological polar surface area (TPSA) is 69.9 Å². The van der Waals surface area contributed by atoms with Gasteiger partial charge in [0.25, 0.3) is 5.91 Å². The van der Waals surface area contributed by atoms with Crippen molar-refractivity contribution in [3.05, 3.63) is 10.6 Å². The Kier molecular flexibility index (Phi) is 3.69. The highest BCUT2D eigenvalue weighted by molar-refractivity contribution is 7.07. The van der Waals surface area contributed by atoms with E-state index in [9.17, 15) is 4.79 Å². The van der Waals surface area contributed by atoms with Crippen molar-refractivity contribution in [1.29, 1.82) is 5.26 Å². The molecule has 0 radical (unpaired) electrons. The second-order valence-corrected chi connectivity index (χ2v) is 4.97. The summed E-state index contributed by atoms with van der Waals surface area (Å²) in [5, 5.41) is 12.7. The number of nitriles is 1. The molecule has 17 heavy (non-hydrogen) atoms. The van der Waals surface area contributed by atoms with Gasteiger partial charge in [0.05, 0.1) is 11.8 Å². The van der Waals surface area contributed by atoms with Crippen molar-refractivity contribution < 1.29 is 4.79 Å². The second-order valence-electron chi connectivity index (χ2n) is 4.22. The normalized spacial score (nSPS) is 15.8. The van der Waals surface area contributed by atoms with Gasteiger partial charge in [-0.15, -0.1) is 5.10 Å². The van der Waals surface area contributed by atoms with Crippen molar-refractivity contribution in [2.75, 3.05) is 6.54 Å². The number of nitrogens with zero attached hydrogens (tertiary/aromatic N) is 4. The highest BCUT2D eigenvalue weighted by Crippen LogP contribution is 2.25. The predicted molar refractivity (Wildman–Crippen MR) is 63.6 cm³/mol. The van der Waals surface area contributed by atoms with Crippen LogP contribution < -0.4 is 0 Å². The molecule has 0 spiro atoms. The molecule has 0 atom stereocenters. The van der Waals surface area contributed by atoms with Crippen molar-refractivity contribution in [1.82, 2.24) is 14.5 Å². The van der Waals surface area contributed by atoms with E-state index in [0.29, 0.717) is 10.6 Å². The van der Waals surface area contributed by atoms with Gasteiger partial charge >= 0.3 is 0 Å². The Morgan fingerprint density at radius 3 is 2.82 bits per heavy atom. The largest absolute Gasteiger partial charge is 0.322 e. The molecule has 0 aliphatic heterocycles. The Bertz CT molecular complexity index is 445. The van der Waals surface area contributed by atoms with Crippen LogP contribution in [0.3, 0.4) is 0 Å². The van der Waals surface area contributed by atoms with Gasteiger partial charge in [-0.05, 0) is 31.3 Å². The van der Waals surface area contributed by atoms with Gasteiger partial charge in [0.15, 0.2) is 0 Å². The van der Waals surface area contributed by atoms with Crippen LogP contribution in [0.25, 0.3) is 0 Å². The number of carbonyl (C=O) groups excluding carboxylic acids is 1. The standard InChI is InChI=1S/C11H14N4OS/c1-8-10(17-14-13-8)11(16)15(7-6-12)9-4-2-3-5-9/h9H,2-5,7H2,1H3. The van der Waals surface area contributed by atoms with E-state index >= 15 is 0 Å². The van der Waals surface area contributed by atoms with Gasteiger partial charge in [-0.2, -0.15) is 5.26 Å². The third-order valence-corrected chi connectivity index (χ3v) is 3.93. The maximum absolute atomic E-state index is 12.3. The molecule has 6 heteroatoms. The average Bonchev–Trinajstić information content (AvgIpc) is 2.95. The fraction of sp³-hybridized carbons (Fsp3) is 0.636. The number of amides is 1. The van der Waals surface area contributed by atoms with Crippen molar-refractivity contribution in [3.8, 4) is 6.07 Å². The molecule has 0 bridgehead atoms. The van der Waals surface area contributed by atoms with Crippen LogP contribution >= 0.6 is 11.5 Å². The maximum Gasteiger partial charge on any atom is 0.268 e. The van der Waals surface area contributed by atoms with Crippen molar-refractivity contribution in [3.63, 3.8) is 0 Å². The molecular formula is C11H14N4OS. The third-order valence-electron chi connectivity index (χ3n) is 3.11. The highest BCUT2D eigenvalue weighted by Gasteiger charge is 2.29. The van der Waals surface area contributed by atoms with E-state index in [1.807, 2.05) is 0 Å². The SMILES string of the molecule is Cc1nnsc1C(=O)N(CC#N)C1CCCC1. The molecule has 1 amide bonds. The zero-order chi connectivity index (χ0) is 12.3. The van der Waals surface area contributed by atoms with Crippen LogP contribution in [0, 0.1) is 18.3 Å². The highest BCUT2D eigenvalue weighted by atomic mass is 32.1. The number of carbonyl (C=O) groups is 1. The Morgan fingerprint density at radius 2 is 2.29 bits per heavy atom. The number of hydrogen-bond donors (Lipinski definition) is 0. The number of aromatic nitrogens is 2. The van der Waals surface area contributed by atoms with Crippen LogP contribution in [0.2, 0.25) is 0 Å². The van der Waals surface area contributed by atoms with Crippen LogP contribution in [0.4, 0.5) is 0 Å². The van der Waals surface area contributed by atoms with Crippen molar-refractivity contribution >= 4 is 17.4 Å². The summed E-state index contributed by atoms with van der Waals surface area (Å²) in [6, 6.07) is 2.29. The zero-order valence-corrected chi connectivity index (χ0v) is 10.5. The monoisotopic (exact) mass is 250 g/mol. The molecule has 2 rings (SSSR count). The Balaban J connectivity index is 2.19. The van der Waals surface area contributed by atoms with Crippen molar-refractivity contribution in [2.24, 2.45) is 0 Å². The minimum absolute atomic E-state index is 0.0917. The smallest absolute Gasteiger partial charge is 0.268 e. The molecular weight excluding hydrogens is 236 g/mol. The zero-order valence-electron chi connectivity index (χ0n) is 9.72. The van der Waals surface area contributed by atoms with Gasteiger partial charge in [0.1, 0.15) is 11.4 Å². The van der Waals surface area contributed by atoms with Gasteiger partial charge in [0.2, 0.25) is 0 Å². The van der Waals surface area contributed by atoms with E-state index < -0.39 is 0 Å². The lowest BCUT2D eigenvalue weighted by Crippen LogP contribution is -2.39. The molecule has 1 aromatic rings. The Hall–Kier alpha value is -1.48. The summed E-state index contributed by atoms with van der Waals surface area (Å²) in [5.74, 6) is -0.0917. The summed E-state index contributed by atoms with van der Waals surface area (Å²) in [5.41, 5.74) is 0.654. The lowest BCUT2D eigenvalue weighted by atomic mass is 10.2. The third kappa shape index (κ3) is 2.44. The molecule has 0 saturated heterocycles. The summed E-state index contributed by atoms with van der Waals surface area (Å²) in [6.07, 6.45) is 4.27. The predicted octanol–water partition coefficient (Wildman–Crippen LogP) is 1.75. The molecule has 5 nitrogen and oxygen atoms in total. The quantitative estimate of drug-likeness (QED) is 0.766. The van der Waals surface area contributed by atoms with Gasteiger partial charge in [-0.3, -0.25) is 4.79 Å². The minimum atomic E-state index is -0.0917. The summed E-state index contributed by atoms with van der Waals surface area (Å²) in [7, 11) is 0. The molecule has 1 aliphatic carbocycles. The average molecular weight is 250 g/mol. The molecule has 1 saturated carbocycles. The summed E-state index contributed by atoms with van der Waals surface area (Å²) in [6.45, 7) is 1.93. The first-order chi connectivity index (χ1) is 8.24. The number of hydrogen-bond acceptors (Lipinski definition) is 5. The van der Waals surface area contributed by atoms with Crippen molar-refractivity contribution in [2.45, 2.75) is 38.6 Å². The van der Waals surface area contributed by atoms with E-state index in [0.717, 1.165) is 37.2 Å². The van der Waals surface area contributed by atoms with Crippen LogP contribution in [-0.2, 0) is 0 Å². The van der Waals surface area contributed by atoms with Crippen LogP contribution in [0.15, 0.2) is 0 Å². The van der Waals surface area contributed by atoms with E-state index in [4.69, 9.17) is 5.26 Å². The summed E-state index contributed by atoms with van der Waals surface area (Å²) < 4.78 is 3.77. The van der Waals surface area contributed by atoms with Gasteiger partial charge in [-0.25, -0.2) is 0 Å². The van der Waals surface area contributed by atoms with Crippen LogP contribution in [-0.4, -0.2) is 33.0 Å². The lowest BCUT2D eigenvalue weighted by molar-refractivity contribution is 0.0713. The van der Waals surface area contributed by atoms with Crippen LogP contribution in [0.5, 0.6) is 0 Å². The molecule has 0 aromatic carbocycles. The van der Waals surface area contributed by atoms with Gasteiger partial charge in [-0.1, -0.05) is 17.3 Å². The fourth-order valence-electron chi connectivity index (χ4n) is 2.22. The van der Waals surface area contributed by atoms with Crippen LogP contribution in [0.1, 0.15) is 41.0 Å². The molecule has 1 fully saturated rings. The fourth-order valence-corrected chi connectivity index (χ4v) is 2.83. The van der Waals surface area contributed by atoms with E-state index in [1.54, 1.807) is 11.8 Å². The summed E-state index contributed by atoms with van der Waals surface area (Å²) in [4.78, 5) is 14.5. The molecule has 1 aromatic heterocycles.